The standard InChI is InChI=1S/C14H20N2O2/c1-14(2,9-17)16-13(18)11-3-4-12-8-15-6-5-10(12)7-11/h3-4,7,15,17H,5-6,8-9H2,1-2H3,(H,16,18). The first-order chi connectivity index (χ1) is 8.52. The maximum absolute atomic E-state index is 12.1. The Morgan fingerprint density at radius 2 is 2.22 bits per heavy atom. The molecule has 0 saturated heterocycles. The zero-order valence-electron chi connectivity index (χ0n) is 10.9. The second kappa shape index (κ2) is 5.08. The summed E-state index contributed by atoms with van der Waals surface area (Å²) in [5.74, 6) is -0.129. The van der Waals surface area contributed by atoms with Crippen molar-refractivity contribution in [2.45, 2.75) is 32.4 Å². The van der Waals surface area contributed by atoms with Gasteiger partial charge in [0.1, 0.15) is 0 Å². The Hall–Kier alpha value is -1.39. The molecule has 1 heterocycles. The number of benzene rings is 1. The molecule has 0 saturated carbocycles. The summed E-state index contributed by atoms with van der Waals surface area (Å²) < 4.78 is 0. The fraction of sp³-hybridized carbons (Fsp3) is 0.500. The van der Waals surface area contributed by atoms with E-state index in [4.69, 9.17) is 5.11 Å². The van der Waals surface area contributed by atoms with Gasteiger partial charge < -0.3 is 15.7 Å². The molecule has 4 nitrogen and oxygen atoms in total. The van der Waals surface area contributed by atoms with Crippen molar-refractivity contribution in [3.63, 3.8) is 0 Å². The molecule has 1 aliphatic rings. The lowest BCUT2D eigenvalue weighted by Gasteiger charge is -2.24. The van der Waals surface area contributed by atoms with Crippen molar-refractivity contribution in [3.8, 4) is 0 Å². The van der Waals surface area contributed by atoms with Gasteiger partial charge in [-0.3, -0.25) is 4.79 Å². The fourth-order valence-corrected chi connectivity index (χ4v) is 2.04. The molecule has 0 unspecified atom stereocenters. The molecule has 1 aromatic rings. The van der Waals surface area contributed by atoms with E-state index in [0.29, 0.717) is 5.56 Å². The van der Waals surface area contributed by atoms with Gasteiger partial charge in [0.15, 0.2) is 0 Å². The molecule has 1 amide bonds. The van der Waals surface area contributed by atoms with Crippen molar-refractivity contribution in [1.29, 1.82) is 0 Å². The van der Waals surface area contributed by atoms with Crippen LogP contribution < -0.4 is 10.6 Å². The van der Waals surface area contributed by atoms with Crippen LogP contribution in [0.25, 0.3) is 0 Å². The van der Waals surface area contributed by atoms with Crippen LogP contribution in [0, 0.1) is 0 Å². The SMILES string of the molecule is CC(C)(CO)NC(=O)c1ccc2c(c1)CCNC2. The first kappa shape index (κ1) is 13.1. The molecule has 18 heavy (non-hydrogen) atoms. The van der Waals surface area contributed by atoms with Gasteiger partial charge in [0, 0.05) is 12.1 Å². The Morgan fingerprint density at radius 1 is 1.44 bits per heavy atom. The number of rotatable bonds is 3. The van der Waals surface area contributed by atoms with Gasteiger partial charge in [-0.15, -0.1) is 0 Å². The molecular weight excluding hydrogens is 228 g/mol. The van der Waals surface area contributed by atoms with Crippen LogP contribution in [0.3, 0.4) is 0 Å². The molecule has 0 bridgehead atoms. The number of carbonyl (C=O) groups is 1. The predicted molar refractivity (Wildman–Crippen MR) is 70.5 cm³/mol. The maximum Gasteiger partial charge on any atom is 0.251 e. The maximum atomic E-state index is 12.1. The normalized spacial score (nSPS) is 15.1. The highest BCUT2D eigenvalue weighted by molar-refractivity contribution is 5.95. The second-order valence-electron chi connectivity index (χ2n) is 5.41. The van der Waals surface area contributed by atoms with Gasteiger partial charge in [-0.2, -0.15) is 0 Å². The number of nitrogens with one attached hydrogen (secondary N) is 2. The Morgan fingerprint density at radius 3 is 2.94 bits per heavy atom. The van der Waals surface area contributed by atoms with Crippen LogP contribution in [-0.4, -0.2) is 29.7 Å². The van der Waals surface area contributed by atoms with Crippen molar-refractivity contribution >= 4 is 5.91 Å². The van der Waals surface area contributed by atoms with E-state index >= 15 is 0 Å². The Bertz CT molecular complexity index is 455. The molecule has 1 aromatic carbocycles. The summed E-state index contributed by atoms with van der Waals surface area (Å²) in [7, 11) is 0. The third kappa shape index (κ3) is 2.89. The van der Waals surface area contributed by atoms with E-state index in [1.807, 2.05) is 18.2 Å². The van der Waals surface area contributed by atoms with Crippen LogP contribution in [0.2, 0.25) is 0 Å². The molecule has 3 N–H and O–H groups in total. The van der Waals surface area contributed by atoms with Gasteiger partial charge >= 0.3 is 0 Å². The minimum atomic E-state index is -0.589. The molecule has 0 atom stereocenters. The van der Waals surface area contributed by atoms with Gasteiger partial charge in [-0.05, 0) is 50.1 Å². The van der Waals surface area contributed by atoms with Crippen LogP contribution in [0.4, 0.5) is 0 Å². The first-order valence-electron chi connectivity index (χ1n) is 6.28. The van der Waals surface area contributed by atoms with E-state index in [-0.39, 0.29) is 12.5 Å². The zero-order chi connectivity index (χ0) is 13.2. The Balaban J connectivity index is 2.16. The molecule has 0 fully saturated rings. The number of aliphatic hydroxyl groups is 1. The molecule has 1 aliphatic heterocycles. The summed E-state index contributed by atoms with van der Waals surface area (Å²) in [4.78, 5) is 12.1. The topological polar surface area (TPSA) is 61.4 Å². The summed E-state index contributed by atoms with van der Waals surface area (Å²) in [6.45, 7) is 5.35. The molecule has 0 radical (unpaired) electrons. The zero-order valence-corrected chi connectivity index (χ0v) is 10.9. The smallest absolute Gasteiger partial charge is 0.251 e. The predicted octanol–water partition coefficient (Wildman–Crippen LogP) is 0.833. The van der Waals surface area contributed by atoms with E-state index < -0.39 is 5.54 Å². The highest BCUT2D eigenvalue weighted by Crippen LogP contribution is 2.16. The van der Waals surface area contributed by atoms with Gasteiger partial charge in [-0.1, -0.05) is 6.07 Å². The summed E-state index contributed by atoms with van der Waals surface area (Å²) in [6.07, 6.45) is 0.958. The summed E-state index contributed by atoms with van der Waals surface area (Å²) in [5.41, 5.74) is 2.58. The Kier molecular flexibility index (Phi) is 3.68. The lowest BCUT2D eigenvalue weighted by molar-refractivity contribution is 0.0869. The summed E-state index contributed by atoms with van der Waals surface area (Å²) in [6, 6.07) is 5.80. The molecule has 0 spiro atoms. The summed E-state index contributed by atoms with van der Waals surface area (Å²) >= 11 is 0. The lowest BCUT2D eigenvalue weighted by Crippen LogP contribution is -2.46. The van der Waals surface area contributed by atoms with E-state index in [2.05, 4.69) is 10.6 Å². The minimum absolute atomic E-state index is 0.0758. The number of fused-ring (bicyclic) bond motifs is 1. The largest absolute Gasteiger partial charge is 0.394 e. The van der Waals surface area contributed by atoms with Crippen molar-refractivity contribution in [3.05, 3.63) is 34.9 Å². The molecule has 98 valence electrons. The quantitative estimate of drug-likeness (QED) is 0.742. The lowest BCUT2D eigenvalue weighted by atomic mass is 9.97. The number of hydrogen-bond acceptors (Lipinski definition) is 3. The highest BCUT2D eigenvalue weighted by atomic mass is 16.3. The van der Waals surface area contributed by atoms with E-state index in [1.54, 1.807) is 13.8 Å². The van der Waals surface area contributed by atoms with Crippen molar-refractivity contribution in [2.75, 3.05) is 13.2 Å². The van der Waals surface area contributed by atoms with Gasteiger partial charge in [-0.25, -0.2) is 0 Å². The van der Waals surface area contributed by atoms with Crippen LogP contribution in [0.1, 0.15) is 35.3 Å². The monoisotopic (exact) mass is 248 g/mol. The third-order valence-corrected chi connectivity index (χ3v) is 3.20. The minimum Gasteiger partial charge on any atom is -0.394 e. The van der Waals surface area contributed by atoms with Crippen LogP contribution in [0.5, 0.6) is 0 Å². The van der Waals surface area contributed by atoms with Gasteiger partial charge in [0.05, 0.1) is 12.1 Å². The third-order valence-electron chi connectivity index (χ3n) is 3.20. The number of aliphatic hydroxyl groups excluding tert-OH is 1. The van der Waals surface area contributed by atoms with Crippen LogP contribution >= 0.6 is 0 Å². The average Bonchev–Trinajstić information content (AvgIpc) is 2.37. The number of amides is 1. The molecule has 2 rings (SSSR count). The molecular formula is C14H20N2O2. The first-order valence-corrected chi connectivity index (χ1v) is 6.28. The van der Waals surface area contributed by atoms with E-state index in [9.17, 15) is 4.79 Å². The van der Waals surface area contributed by atoms with Gasteiger partial charge in [0.25, 0.3) is 5.91 Å². The molecule has 0 aromatic heterocycles. The Labute approximate surface area is 107 Å². The molecule has 0 aliphatic carbocycles. The second-order valence-corrected chi connectivity index (χ2v) is 5.41. The number of carbonyl (C=O) groups excluding carboxylic acids is 1. The molecule has 4 heteroatoms. The van der Waals surface area contributed by atoms with Gasteiger partial charge in [0.2, 0.25) is 0 Å². The van der Waals surface area contributed by atoms with Crippen molar-refractivity contribution in [1.82, 2.24) is 10.6 Å². The van der Waals surface area contributed by atoms with Crippen LogP contribution in [-0.2, 0) is 13.0 Å². The van der Waals surface area contributed by atoms with Crippen molar-refractivity contribution in [2.24, 2.45) is 0 Å². The fourth-order valence-electron chi connectivity index (χ4n) is 2.04. The number of hydrogen-bond donors (Lipinski definition) is 3. The summed E-state index contributed by atoms with van der Waals surface area (Å²) in [5, 5.41) is 15.3. The van der Waals surface area contributed by atoms with E-state index in [1.165, 1.54) is 11.1 Å². The van der Waals surface area contributed by atoms with Crippen molar-refractivity contribution < 1.29 is 9.90 Å². The average molecular weight is 248 g/mol. The highest BCUT2D eigenvalue weighted by Gasteiger charge is 2.20. The van der Waals surface area contributed by atoms with E-state index in [0.717, 1.165) is 19.5 Å². The van der Waals surface area contributed by atoms with Crippen LogP contribution in [0.15, 0.2) is 18.2 Å².